The molecule has 1 aromatic carbocycles. The van der Waals surface area contributed by atoms with E-state index in [1.165, 1.54) is 24.8 Å². The van der Waals surface area contributed by atoms with E-state index in [1.807, 2.05) is 0 Å². The smallest absolute Gasteiger partial charge is 0.0700 e. The lowest BCUT2D eigenvalue weighted by atomic mass is 9.71. The predicted molar refractivity (Wildman–Crippen MR) is 73.2 cm³/mol. The first kappa shape index (κ1) is 12.2. The van der Waals surface area contributed by atoms with Gasteiger partial charge in [-0.15, -0.1) is 0 Å². The Hall–Kier alpha value is -0.860. The number of rotatable bonds is 2. The van der Waals surface area contributed by atoms with Crippen molar-refractivity contribution >= 4 is 0 Å². The molecule has 18 heavy (non-hydrogen) atoms. The lowest BCUT2D eigenvalue weighted by Crippen LogP contribution is -2.52. The van der Waals surface area contributed by atoms with Crippen LogP contribution in [-0.2, 0) is 6.54 Å². The van der Waals surface area contributed by atoms with Gasteiger partial charge in [0.1, 0.15) is 0 Å². The second kappa shape index (κ2) is 5.02. The predicted octanol–water partition coefficient (Wildman–Crippen LogP) is 2.81. The third kappa shape index (κ3) is 2.45. The van der Waals surface area contributed by atoms with Crippen LogP contribution in [0.5, 0.6) is 0 Å². The van der Waals surface area contributed by atoms with Crippen LogP contribution in [0.15, 0.2) is 30.3 Å². The summed E-state index contributed by atoms with van der Waals surface area (Å²) in [5, 5.41) is 10.6. The third-order valence-electron chi connectivity index (χ3n) is 4.76. The monoisotopic (exact) mass is 245 g/mol. The van der Waals surface area contributed by atoms with E-state index >= 15 is 0 Å². The first-order valence-corrected chi connectivity index (χ1v) is 7.25. The Labute approximate surface area is 110 Å². The number of hydrogen-bond acceptors (Lipinski definition) is 2. The van der Waals surface area contributed by atoms with Crippen molar-refractivity contribution in [1.29, 1.82) is 0 Å². The number of aliphatic hydroxyl groups is 1. The first-order chi connectivity index (χ1) is 8.76. The molecule has 2 fully saturated rings. The molecule has 0 amide bonds. The molecule has 2 unspecified atom stereocenters. The molecule has 1 heterocycles. The molecule has 1 saturated carbocycles. The minimum atomic E-state index is -0.342. The van der Waals surface area contributed by atoms with E-state index in [1.54, 1.807) is 0 Å². The highest BCUT2D eigenvalue weighted by Crippen LogP contribution is 2.39. The van der Waals surface area contributed by atoms with Gasteiger partial charge in [-0.2, -0.15) is 0 Å². The normalized spacial score (nSPS) is 33.1. The van der Waals surface area contributed by atoms with Crippen LogP contribution in [0.1, 0.15) is 37.7 Å². The van der Waals surface area contributed by atoms with Gasteiger partial charge in [0.25, 0.3) is 0 Å². The zero-order chi connectivity index (χ0) is 12.4. The van der Waals surface area contributed by atoms with E-state index in [0.717, 1.165) is 32.5 Å². The van der Waals surface area contributed by atoms with E-state index < -0.39 is 0 Å². The van der Waals surface area contributed by atoms with Gasteiger partial charge < -0.3 is 5.11 Å². The van der Waals surface area contributed by atoms with Crippen LogP contribution >= 0.6 is 0 Å². The van der Waals surface area contributed by atoms with E-state index in [9.17, 15) is 5.11 Å². The van der Waals surface area contributed by atoms with Crippen molar-refractivity contribution in [3.8, 4) is 0 Å². The molecule has 2 aliphatic rings. The number of benzene rings is 1. The summed E-state index contributed by atoms with van der Waals surface area (Å²) < 4.78 is 0. The van der Waals surface area contributed by atoms with Crippen molar-refractivity contribution in [2.24, 2.45) is 5.92 Å². The Morgan fingerprint density at radius 1 is 1.17 bits per heavy atom. The Kier molecular flexibility index (Phi) is 3.40. The van der Waals surface area contributed by atoms with Crippen molar-refractivity contribution in [2.45, 2.75) is 44.2 Å². The number of fused-ring (bicyclic) bond motifs is 1. The van der Waals surface area contributed by atoms with E-state index in [4.69, 9.17) is 0 Å². The molecule has 2 heteroatoms. The number of hydrogen-bond donors (Lipinski definition) is 1. The zero-order valence-electron chi connectivity index (χ0n) is 11.0. The molecule has 98 valence electrons. The van der Waals surface area contributed by atoms with E-state index in [-0.39, 0.29) is 5.60 Å². The van der Waals surface area contributed by atoms with Crippen molar-refractivity contribution in [3.63, 3.8) is 0 Å². The van der Waals surface area contributed by atoms with Gasteiger partial charge in [-0.1, -0.05) is 43.2 Å². The fraction of sp³-hybridized carbons (Fsp3) is 0.625. The van der Waals surface area contributed by atoms with Crippen LogP contribution in [0.4, 0.5) is 0 Å². The lowest BCUT2D eigenvalue weighted by Gasteiger charge is -2.47. The quantitative estimate of drug-likeness (QED) is 0.866. The highest BCUT2D eigenvalue weighted by Gasteiger charge is 2.42. The molecule has 1 saturated heterocycles. The van der Waals surface area contributed by atoms with Gasteiger partial charge in [-0.25, -0.2) is 0 Å². The molecule has 2 nitrogen and oxygen atoms in total. The fourth-order valence-electron chi connectivity index (χ4n) is 3.62. The van der Waals surface area contributed by atoms with E-state index in [2.05, 4.69) is 35.2 Å². The minimum Gasteiger partial charge on any atom is -0.390 e. The minimum absolute atomic E-state index is 0.342. The molecule has 0 radical (unpaired) electrons. The maximum atomic E-state index is 10.6. The van der Waals surface area contributed by atoms with Crippen molar-refractivity contribution in [1.82, 2.24) is 4.90 Å². The summed E-state index contributed by atoms with van der Waals surface area (Å²) in [6, 6.07) is 10.7. The summed E-state index contributed by atoms with van der Waals surface area (Å²) in [5.74, 6) is 0.503. The Morgan fingerprint density at radius 3 is 2.83 bits per heavy atom. The van der Waals surface area contributed by atoms with Gasteiger partial charge in [0.15, 0.2) is 0 Å². The van der Waals surface area contributed by atoms with Crippen molar-refractivity contribution < 1.29 is 5.11 Å². The number of likely N-dealkylation sites (tertiary alicyclic amines) is 1. The summed E-state index contributed by atoms with van der Waals surface area (Å²) in [7, 11) is 0. The highest BCUT2D eigenvalue weighted by molar-refractivity contribution is 5.14. The maximum Gasteiger partial charge on any atom is 0.0700 e. The van der Waals surface area contributed by atoms with Crippen LogP contribution < -0.4 is 0 Å². The second-order valence-electron chi connectivity index (χ2n) is 6.02. The SMILES string of the molecule is OC12CCCCC1CN(Cc1ccccc1)CC2. The lowest BCUT2D eigenvalue weighted by molar-refractivity contribution is -0.0967. The molecular formula is C16H23NO. The largest absolute Gasteiger partial charge is 0.390 e. The summed E-state index contributed by atoms with van der Waals surface area (Å²) in [4.78, 5) is 2.51. The molecule has 2 atom stereocenters. The Bertz CT molecular complexity index is 391. The third-order valence-corrected chi connectivity index (χ3v) is 4.76. The van der Waals surface area contributed by atoms with Crippen LogP contribution in [0.2, 0.25) is 0 Å². The van der Waals surface area contributed by atoms with Gasteiger partial charge in [0.05, 0.1) is 5.60 Å². The van der Waals surface area contributed by atoms with Gasteiger partial charge in [0, 0.05) is 25.6 Å². The van der Waals surface area contributed by atoms with Gasteiger partial charge in [-0.3, -0.25) is 4.90 Å². The molecular weight excluding hydrogens is 222 g/mol. The Balaban J connectivity index is 1.63. The molecule has 1 aliphatic carbocycles. The average molecular weight is 245 g/mol. The van der Waals surface area contributed by atoms with Gasteiger partial charge in [-0.05, 0) is 24.8 Å². The maximum absolute atomic E-state index is 10.6. The van der Waals surface area contributed by atoms with Gasteiger partial charge >= 0.3 is 0 Å². The van der Waals surface area contributed by atoms with E-state index in [0.29, 0.717) is 5.92 Å². The summed E-state index contributed by atoms with van der Waals surface area (Å²) in [6.45, 7) is 3.15. The molecule has 1 N–H and O–H groups in total. The summed E-state index contributed by atoms with van der Waals surface area (Å²) in [5.41, 5.74) is 1.05. The van der Waals surface area contributed by atoms with Crippen LogP contribution in [-0.4, -0.2) is 28.7 Å². The first-order valence-electron chi connectivity index (χ1n) is 7.25. The fourth-order valence-corrected chi connectivity index (χ4v) is 3.62. The summed E-state index contributed by atoms with van der Waals surface area (Å²) >= 11 is 0. The second-order valence-corrected chi connectivity index (χ2v) is 6.02. The van der Waals surface area contributed by atoms with Crippen LogP contribution in [0.3, 0.4) is 0 Å². The zero-order valence-corrected chi connectivity index (χ0v) is 11.0. The summed E-state index contributed by atoms with van der Waals surface area (Å²) in [6.07, 6.45) is 5.71. The molecule has 1 aromatic rings. The molecule has 3 rings (SSSR count). The topological polar surface area (TPSA) is 23.5 Å². The molecule has 0 aromatic heterocycles. The number of piperidine rings is 1. The standard InChI is InChI=1S/C16H23NO/c18-16-9-5-4-8-15(16)13-17(11-10-16)12-14-6-2-1-3-7-14/h1-3,6-7,15,18H,4-5,8-13H2. The van der Waals surface area contributed by atoms with Crippen molar-refractivity contribution in [2.75, 3.05) is 13.1 Å². The highest BCUT2D eigenvalue weighted by atomic mass is 16.3. The molecule has 0 spiro atoms. The molecule has 1 aliphatic heterocycles. The average Bonchev–Trinajstić information content (AvgIpc) is 2.40. The van der Waals surface area contributed by atoms with Gasteiger partial charge in [0.2, 0.25) is 0 Å². The van der Waals surface area contributed by atoms with Crippen LogP contribution in [0, 0.1) is 5.92 Å². The number of nitrogens with zero attached hydrogens (tertiary/aromatic N) is 1. The van der Waals surface area contributed by atoms with Crippen molar-refractivity contribution in [3.05, 3.63) is 35.9 Å². The Morgan fingerprint density at radius 2 is 2.00 bits per heavy atom. The van der Waals surface area contributed by atoms with Crippen LogP contribution in [0.25, 0.3) is 0 Å². The molecule has 0 bridgehead atoms.